The second-order valence-electron chi connectivity index (χ2n) is 5.38. The van der Waals surface area contributed by atoms with Crippen molar-refractivity contribution in [3.05, 3.63) is 64.2 Å². The molecule has 4 heterocycles. The van der Waals surface area contributed by atoms with Gasteiger partial charge in [0.15, 0.2) is 5.70 Å². The van der Waals surface area contributed by atoms with Gasteiger partial charge in [0.05, 0.1) is 17.3 Å². The van der Waals surface area contributed by atoms with Crippen LogP contribution in [0.15, 0.2) is 52.9 Å². The monoisotopic (exact) mass is 455 g/mol. The van der Waals surface area contributed by atoms with Gasteiger partial charge >= 0.3 is 6.97 Å². The lowest BCUT2D eigenvalue weighted by atomic mass is 9.87. The van der Waals surface area contributed by atoms with Crippen molar-refractivity contribution in [1.29, 1.82) is 0 Å². The van der Waals surface area contributed by atoms with E-state index in [1.54, 1.807) is 36.5 Å². The lowest BCUT2D eigenvalue weighted by Crippen LogP contribution is -2.50. The van der Waals surface area contributed by atoms with Gasteiger partial charge in [0, 0.05) is 51.6 Å². The highest BCUT2D eigenvalue weighted by Gasteiger charge is 2.54. The van der Waals surface area contributed by atoms with Crippen molar-refractivity contribution >= 4 is 49.0 Å². The zero-order chi connectivity index (χ0) is 17.1. The van der Waals surface area contributed by atoms with Gasteiger partial charge in [-0.2, -0.15) is 0 Å². The number of hydrogen-bond acceptors (Lipinski definition) is 2. The third-order valence-corrected chi connectivity index (χ3v) is 5.40. The largest absolute Gasteiger partial charge is 0.738 e. The van der Waals surface area contributed by atoms with Crippen LogP contribution >= 0.6 is 31.9 Å². The predicted molar refractivity (Wildman–Crippen MR) is 95.6 cm³/mol. The molecular formula is C15H10BBr2F2N3O. The molecule has 0 fully saturated rings. The molecule has 0 aliphatic carbocycles. The van der Waals surface area contributed by atoms with Gasteiger partial charge in [-0.1, -0.05) is 0 Å². The Balaban J connectivity index is 2.04. The van der Waals surface area contributed by atoms with E-state index in [-0.39, 0.29) is 0 Å². The molecule has 122 valence electrons. The summed E-state index contributed by atoms with van der Waals surface area (Å²) in [5.41, 5.74) is 2.31. The number of methoxy groups -OCH3 is 1. The Morgan fingerprint density at radius 1 is 1.17 bits per heavy atom. The second kappa shape index (κ2) is 5.39. The number of aromatic nitrogens is 2. The molecule has 0 spiro atoms. The zero-order valence-electron chi connectivity index (χ0n) is 12.4. The standard InChI is InChI=1S/C15H10BBr2F2N3O/c1-24-14-7-2-9(8-21-14)15-10-3-5-12(17)22(10)16(19,20)23-11(15)4-6-13(23)18/h2-8H,1H3. The predicted octanol–water partition coefficient (Wildman–Crippen LogP) is 4.03. The highest BCUT2D eigenvalue weighted by atomic mass is 79.9. The van der Waals surface area contributed by atoms with Gasteiger partial charge in [0.1, 0.15) is 0 Å². The number of halogens is 4. The highest BCUT2D eigenvalue weighted by molar-refractivity contribution is 9.18. The van der Waals surface area contributed by atoms with E-state index in [2.05, 4.69) is 36.8 Å². The maximum Gasteiger partial charge on any atom is 0.738 e. The van der Waals surface area contributed by atoms with Crippen molar-refractivity contribution in [3.63, 3.8) is 0 Å². The first-order chi connectivity index (χ1) is 11.4. The van der Waals surface area contributed by atoms with E-state index in [9.17, 15) is 0 Å². The van der Waals surface area contributed by atoms with Crippen LogP contribution in [0.5, 0.6) is 5.88 Å². The molecule has 0 aromatic carbocycles. The summed E-state index contributed by atoms with van der Waals surface area (Å²) < 4.78 is 37.9. The van der Waals surface area contributed by atoms with Gasteiger partial charge in [-0.3, -0.25) is 0 Å². The van der Waals surface area contributed by atoms with Crippen molar-refractivity contribution in [2.45, 2.75) is 0 Å². The smallest absolute Gasteiger partial charge is 0.481 e. The molecule has 4 rings (SSSR count). The fourth-order valence-corrected chi connectivity index (χ4v) is 4.22. The molecule has 4 nitrogen and oxygen atoms in total. The zero-order valence-corrected chi connectivity index (χ0v) is 15.6. The minimum absolute atomic E-state index is 0.327. The Hall–Kier alpha value is -1.74. The molecule has 2 aromatic heterocycles. The van der Waals surface area contributed by atoms with Crippen LogP contribution in [0.2, 0.25) is 0 Å². The molecule has 0 radical (unpaired) electrons. The molecule has 0 unspecified atom stereocenters. The van der Waals surface area contributed by atoms with E-state index in [1.807, 2.05) is 6.07 Å². The number of allylic oxidation sites excluding steroid dienone is 2. The molecule has 0 bridgehead atoms. The summed E-state index contributed by atoms with van der Waals surface area (Å²) in [6, 6.07) is 6.84. The van der Waals surface area contributed by atoms with E-state index in [0.29, 0.717) is 32.1 Å². The van der Waals surface area contributed by atoms with Crippen LogP contribution in [-0.2, 0) is 0 Å². The van der Waals surface area contributed by atoms with Gasteiger partial charge in [-0.25, -0.2) is 4.98 Å². The highest BCUT2D eigenvalue weighted by Crippen LogP contribution is 2.41. The third-order valence-electron chi connectivity index (χ3n) is 4.10. The van der Waals surface area contributed by atoms with E-state index >= 15 is 8.63 Å². The molecule has 2 aliphatic heterocycles. The summed E-state index contributed by atoms with van der Waals surface area (Å²) in [5, 5.41) is 0. The van der Waals surface area contributed by atoms with Gasteiger partial charge in [0.25, 0.3) is 0 Å². The molecule has 0 saturated heterocycles. The molecule has 9 heteroatoms. The van der Waals surface area contributed by atoms with Crippen molar-refractivity contribution in [1.82, 2.24) is 9.46 Å². The van der Waals surface area contributed by atoms with Crippen LogP contribution < -0.4 is 4.74 Å². The Labute approximate surface area is 153 Å². The summed E-state index contributed by atoms with van der Waals surface area (Å²) in [6.45, 7) is -4.00. The molecule has 0 saturated carbocycles. The minimum atomic E-state index is -4.00. The summed E-state index contributed by atoms with van der Waals surface area (Å²) in [7, 11) is 1.53. The van der Waals surface area contributed by atoms with Crippen LogP contribution in [-0.4, -0.2) is 32.6 Å². The Morgan fingerprint density at radius 3 is 2.62 bits per heavy atom. The molecular weight excluding hydrogens is 447 g/mol. The molecule has 2 aromatic rings. The van der Waals surface area contributed by atoms with Crippen molar-refractivity contribution in [2.24, 2.45) is 0 Å². The van der Waals surface area contributed by atoms with Crippen LogP contribution in [0.1, 0.15) is 11.3 Å². The molecule has 2 aliphatic rings. The van der Waals surface area contributed by atoms with E-state index in [1.165, 1.54) is 7.11 Å². The van der Waals surface area contributed by atoms with Crippen LogP contribution in [0.3, 0.4) is 0 Å². The Bertz CT molecular complexity index is 948. The number of nitrogens with zero attached hydrogens (tertiary/aromatic N) is 3. The SMILES string of the molecule is COc1ccc(C2=C3C=CC(Br)=[N+]3[B-](F)(F)n3c(Br)ccc32)cn1. The lowest BCUT2D eigenvalue weighted by Gasteiger charge is -2.32. The average Bonchev–Trinajstić information content (AvgIpc) is 3.13. The van der Waals surface area contributed by atoms with Crippen molar-refractivity contribution in [3.8, 4) is 5.88 Å². The van der Waals surface area contributed by atoms with Crippen LogP contribution in [0, 0.1) is 0 Å². The lowest BCUT2D eigenvalue weighted by molar-refractivity contribution is -0.358. The first-order valence-electron chi connectivity index (χ1n) is 7.09. The maximum absolute atomic E-state index is 15.1. The fraction of sp³-hybridized carbons (Fsp3) is 0.0667. The molecule has 0 amide bonds. The van der Waals surface area contributed by atoms with E-state index < -0.39 is 6.97 Å². The normalized spacial score (nSPS) is 18.0. The van der Waals surface area contributed by atoms with E-state index in [0.717, 1.165) is 14.5 Å². The van der Waals surface area contributed by atoms with Gasteiger partial charge < -0.3 is 22.3 Å². The maximum atomic E-state index is 15.1. The molecule has 0 atom stereocenters. The topological polar surface area (TPSA) is 30.1 Å². The van der Waals surface area contributed by atoms with Crippen LogP contribution in [0.4, 0.5) is 8.63 Å². The average molecular weight is 457 g/mol. The van der Waals surface area contributed by atoms with Gasteiger partial charge in [-0.15, -0.1) is 0 Å². The van der Waals surface area contributed by atoms with Crippen molar-refractivity contribution in [2.75, 3.05) is 7.11 Å². The second-order valence-corrected chi connectivity index (χ2v) is 7.00. The molecule has 0 N–H and O–H groups in total. The summed E-state index contributed by atoms with van der Waals surface area (Å²) in [5.74, 6) is 0.470. The summed E-state index contributed by atoms with van der Waals surface area (Å²) in [4.78, 5) is 4.20. The third kappa shape index (κ3) is 2.07. The van der Waals surface area contributed by atoms with Crippen LogP contribution in [0.25, 0.3) is 5.57 Å². The Morgan fingerprint density at radius 2 is 1.96 bits per heavy atom. The first-order valence-corrected chi connectivity index (χ1v) is 8.68. The number of hydrogen-bond donors (Lipinski definition) is 0. The number of rotatable bonds is 2. The summed E-state index contributed by atoms with van der Waals surface area (Å²) >= 11 is 6.47. The van der Waals surface area contributed by atoms with Gasteiger partial charge in [-0.05, 0) is 34.1 Å². The number of pyridine rings is 1. The quantitative estimate of drug-likeness (QED) is 0.639. The number of fused-ring (bicyclic) bond motifs is 2. The number of ether oxygens (including phenoxy) is 1. The minimum Gasteiger partial charge on any atom is -0.481 e. The Kier molecular flexibility index (Phi) is 3.54. The van der Waals surface area contributed by atoms with E-state index in [4.69, 9.17) is 4.74 Å². The first kappa shape index (κ1) is 15.8. The van der Waals surface area contributed by atoms with Crippen molar-refractivity contribution < 1.29 is 17.9 Å². The van der Waals surface area contributed by atoms with Gasteiger partial charge in [0.2, 0.25) is 10.5 Å². The summed E-state index contributed by atoms with van der Waals surface area (Å²) in [6.07, 6.45) is 4.94. The molecule has 24 heavy (non-hydrogen) atoms. The fourth-order valence-electron chi connectivity index (χ4n) is 3.08.